The molecule has 0 atom stereocenters. The van der Waals surface area contributed by atoms with Gasteiger partial charge in [0.05, 0.1) is 18.0 Å². The van der Waals surface area contributed by atoms with Gasteiger partial charge >= 0.3 is 0 Å². The van der Waals surface area contributed by atoms with Gasteiger partial charge in [0.15, 0.2) is 5.82 Å². The molecule has 1 amide bonds. The summed E-state index contributed by atoms with van der Waals surface area (Å²) in [5.74, 6) is 0.238. The summed E-state index contributed by atoms with van der Waals surface area (Å²) >= 11 is 0. The predicted molar refractivity (Wildman–Crippen MR) is 125 cm³/mol. The third-order valence-electron chi connectivity index (χ3n) is 5.11. The van der Waals surface area contributed by atoms with E-state index in [0.29, 0.717) is 35.4 Å². The zero-order valence-electron chi connectivity index (χ0n) is 17.7. The maximum Gasteiger partial charge on any atom is 0.287 e. The Kier molecular flexibility index (Phi) is 6.46. The molecule has 32 heavy (non-hydrogen) atoms. The number of carbonyl (C=O) groups excluding carboxylic acids is 1. The topological polar surface area (TPSA) is 96.1 Å². The highest BCUT2D eigenvalue weighted by molar-refractivity contribution is 5.95. The van der Waals surface area contributed by atoms with Crippen LogP contribution in [0.15, 0.2) is 77.6 Å². The molecule has 0 aliphatic heterocycles. The van der Waals surface area contributed by atoms with Crippen molar-refractivity contribution in [2.24, 2.45) is 0 Å². The second kappa shape index (κ2) is 9.78. The number of aromatic amines is 1. The van der Waals surface area contributed by atoms with Crippen molar-refractivity contribution in [1.82, 2.24) is 15.3 Å². The lowest BCUT2D eigenvalue weighted by Gasteiger charge is -2.10. The zero-order valence-corrected chi connectivity index (χ0v) is 17.7. The number of nitrogens with zero attached hydrogens (tertiary/aromatic N) is 1. The van der Waals surface area contributed by atoms with E-state index in [1.807, 2.05) is 54.6 Å². The number of nitrogens with one attached hydrogen (secondary N) is 3. The third kappa shape index (κ3) is 4.95. The Balaban J connectivity index is 1.48. The lowest BCUT2D eigenvalue weighted by molar-refractivity contribution is 0.0940. The van der Waals surface area contributed by atoms with Gasteiger partial charge in [-0.25, -0.2) is 4.98 Å². The average molecular weight is 428 g/mol. The Morgan fingerprint density at radius 3 is 2.59 bits per heavy atom. The first kappa shape index (κ1) is 21.1. The summed E-state index contributed by atoms with van der Waals surface area (Å²) < 4.78 is 5.20. The van der Waals surface area contributed by atoms with E-state index < -0.39 is 5.91 Å². The summed E-state index contributed by atoms with van der Waals surface area (Å²) in [6.45, 7) is 0.963. The molecule has 0 bridgehead atoms. The number of anilines is 1. The van der Waals surface area contributed by atoms with Crippen LogP contribution in [-0.2, 0) is 13.0 Å². The average Bonchev–Trinajstić information content (AvgIpc) is 2.83. The van der Waals surface area contributed by atoms with Crippen LogP contribution in [0.5, 0.6) is 5.75 Å². The number of rotatable bonds is 8. The van der Waals surface area contributed by atoms with E-state index in [0.717, 1.165) is 12.0 Å². The van der Waals surface area contributed by atoms with Gasteiger partial charge in [-0.15, -0.1) is 0 Å². The quantitative estimate of drug-likeness (QED) is 0.399. The third-order valence-corrected chi connectivity index (χ3v) is 5.11. The molecule has 1 heterocycles. The molecule has 4 rings (SSSR count). The van der Waals surface area contributed by atoms with Crippen molar-refractivity contribution in [2.45, 2.75) is 13.0 Å². The number of hydrogen-bond donors (Lipinski definition) is 3. The number of hydrogen-bond acceptors (Lipinski definition) is 5. The minimum atomic E-state index is -0.450. The second-order valence-corrected chi connectivity index (χ2v) is 7.31. The summed E-state index contributed by atoms with van der Waals surface area (Å²) in [4.78, 5) is 32.4. The molecule has 4 aromatic rings. The molecule has 3 N–H and O–H groups in total. The molecule has 0 aliphatic rings. The molecule has 7 heteroatoms. The minimum absolute atomic E-state index is 0.0215. The fraction of sp³-hybridized carbons (Fsp3) is 0.160. The molecular weight excluding hydrogens is 404 g/mol. The van der Waals surface area contributed by atoms with Crippen molar-refractivity contribution in [1.29, 1.82) is 0 Å². The van der Waals surface area contributed by atoms with E-state index in [9.17, 15) is 9.59 Å². The van der Waals surface area contributed by atoms with Crippen LogP contribution in [0.25, 0.3) is 10.9 Å². The van der Waals surface area contributed by atoms with Gasteiger partial charge in [0.1, 0.15) is 5.75 Å². The van der Waals surface area contributed by atoms with Gasteiger partial charge < -0.3 is 20.4 Å². The number of fused-ring (bicyclic) bond motifs is 1. The highest BCUT2D eigenvalue weighted by Crippen LogP contribution is 2.18. The van der Waals surface area contributed by atoms with Crippen molar-refractivity contribution >= 4 is 22.5 Å². The normalized spacial score (nSPS) is 10.7. The van der Waals surface area contributed by atoms with Crippen LogP contribution in [0.2, 0.25) is 0 Å². The first-order chi connectivity index (χ1) is 15.6. The molecule has 0 saturated heterocycles. The predicted octanol–water partition coefficient (Wildman–Crippen LogP) is 3.52. The van der Waals surface area contributed by atoms with Crippen LogP contribution in [0.3, 0.4) is 0 Å². The molecule has 0 fully saturated rings. The van der Waals surface area contributed by atoms with Crippen LogP contribution < -0.4 is 20.9 Å². The van der Waals surface area contributed by atoms with Gasteiger partial charge in [-0.05, 0) is 41.8 Å². The SMILES string of the molecule is COc1cccc(CNC(=O)c2nc3cccc(NCCc4ccccc4)c3c(=O)[nH]2)c1. The van der Waals surface area contributed by atoms with Crippen molar-refractivity contribution in [3.05, 3.63) is 100 Å². The zero-order chi connectivity index (χ0) is 22.3. The summed E-state index contributed by atoms with van der Waals surface area (Å²) in [5.41, 5.74) is 2.89. The molecular formula is C25H24N4O3. The van der Waals surface area contributed by atoms with Gasteiger partial charge in [0.25, 0.3) is 11.5 Å². The smallest absolute Gasteiger partial charge is 0.287 e. The van der Waals surface area contributed by atoms with Crippen molar-refractivity contribution in [2.75, 3.05) is 19.0 Å². The maximum absolute atomic E-state index is 12.8. The Bertz CT molecular complexity index is 1290. The maximum atomic E-state index is 12.8. The lowest BCUT2D eigenvalue weighted by Crippen LogP contribution is -2.27. The standard InChI is InChI=1S/C25H24N4O3/c1-32-19-10-5-9-18(15-19)16-27-25(31)23-28-21-12-6-11-20(22(21)24(30)29-23)26-14-13-17-7-3-2-4-8-17/h2-12,15,26H,13-14,16H2,1H3,(H,27,31)(H,28,29,30). The Morgan fingerprint density at radius 1 is 1.00 bits per heavy atom. The van der Waals surface area contributed by atoms with Gasteiger partial charge in [-0.1, -0.05) is 48.5 Å². The largest absolute Gasteiger partial charge is 0.497 e. The number of ether oxygens (including phenoxy) is 1. The summed E-state index contributed by atoms with van der Waals surface area (Å²) in [6, 6.07) is 22.9. The van der Waals surface area contributed by atoms with Crippen LogP contribution in [-0.4, -0.2) is 29.5 Å². The van der Waals surface area contributed by atoms with E-state index >= 15 is 0 Å². The van der Waals surface area contributed by atoms with Crippen LogP contribution in [0.1, 0.15) is 21.7 Å². The molecule has 0 unspecified atom stereocenters. The number of amides is 1. The van der Waals surface area contributed by atoms with Gasteiger partial charge in [0, 0.05) is 18.8 Å². The molecule has 0 saturated carbocycles. The highest BCUT2D eigenvalue weighted by atomic mass is 16.5. The molecule has 0 spiro atoms. The first-order valence-corrected chi connectivity index (χ1v) is 10.4. The second-order valence-electron chi connectivity index (χ2n) is 7.31. The monoisotopic (exact) mass is 428 g/mol. The van der Waals surface area contributed by atoms with E-state index in [-0.39, 0.29) is 11.4 Å². The molecule has 0 aliphatic carbocycles. The molecule has 3 aromatic carbocycles. The molecule has 1 aromatic heterocycles. The fourth-order valence-electron chi connectivity index (χ4n) is 3.48. The number of H-pyrrole nitrogens is 1. The summed E-state index contributed by atoms with van der Waals surface area (Å²) in [7, 11) is 1.59. The highest BCUT2D eigenvalue weighted by Gasteiger charge is 2.13. The molecule has 0 radical (unpaired) electrons. The fourth-order valence-corrected chi connectivity index (χ4v) is 3.48. The summed E-state index contributed by atoms with van der Waals surface area (Å²) in [5, 5.41) is 6.53. The Labute approximate surface area is 185 Å². The van der Waals surface area contributed by atoms with Gasteiger partial charge in [-0.2, -0.15) is 0 Å². The number of benzene rings is 3. The van der Waals surface area contributed by atoms with E-state index in [1.54, 1.807) is 13.2 Å². The lowest BCUT2D eigenvalue weighted by atomic mass is 10.1. The van der Waals surface area contributed by atoms with Crippen molar-refractivity contribution in [3.8, 4) is 5.75 Å². The number of carbonyl (C=O) groups is 1. The minimum Gasteiger partial charge on any atom is -0.497 e. The van der Waals surface area contributed by atoms with Gasteiger partial charge in [0.2, 0.25) is 0 Å². The van der Waals surface area contributed by atoms with Crippen LogP contribution in [0.4, 0.5) is 5.69 Å². The van der Waals surface area contributed by atoms with Crippen LogP contribution in [0, 0.1) is 0 Å². The van der Waals surface area contributed by atoms with E-state index in [2.05, 4.69) is 32.7 Å². The molecule has 7 nitrogen and oxygen atoms in total. The molecule has 162 valence electrons. The summed E-state index contributed by atoms with van der Waals surface area (Å²) in [6.07, 6.45) is 0.827. The van der Waals surface area contributed by atoms with E-state index in [1.165, 1.54) is 5.56 Å². The number of aromatic nitrogens is 2. The van der Waals surface area contributed by atoms with E-state index in [4.69, 9.17) is 4.74 Å². The van der Waals surface area contributed by atoms with Crippen LogP contribution >= 0.6 is 0 Å². The van der Waals surface area contributed by atoms with Gasteiger partial charge in [-0.3, -0.25) is 9.59 Å². The Morgan fingerprint density at radius 2 is 1.78 bits per heavy atom. The first-order valence-electron chi connectivity index (χ1n) is 10.4. The Hall–Kier alpha value is -4.13. The van der Waals surface area contributed by atoms with Crippen molar-refractivity contribution in [3.63, 3.8) is 0 Å². The number of methoxy groups -OCH3 is 1. The van der Waals surface area contributed by atoms with Crippen molar-refractivity contribution < 1.29 is 9.53 Å².